The number of hydrogen-bond acceptors (Lipinski definition) is 5. The first-order chi connectivity index (χ1) is 17.7. The number of hydrogen-bond donors (Lipinski definition) is 1. The van der Waals surface area contributed by atoms with E-state index in [-0.39, 0.29) is 10.9 Å². The molecule has 1 aliphatic heterocycles. The summed E-state index contributed by atoms with van der Waals surface area (Å²) in [4.78, 5) is 13.5. The number of rotatable bonds is 9. The topological polar surface area (TPSA) is 84.9 Å². The third kappa shape index (κ3) is 5.70. The summed E-state index contributed by atoms with van der Waals surface area (Å²) < 4.78 is 40.0. The smallest absolute Gasteiger partial charge is 0.264 e. The fraction of sp³-hybridized carbons (Fsp3) is 0.321. The van der Waals surface area contributed by atoms with Crippen LogP contribution in [0, 0.1) is 0 Å². The van der Waals surface area contributed by atoms with Gasteiger partial charge in [0.1, 0.15) is 23.6 Å². The van der Waals surface area contributed by atoms with E-state index in [0.717, 1.165) is 28.5 Å². The summed E-state index contributed by atoms with van der Waals surface area (Å²) in [6.07, 6.45) is 2.15. The maximum atomic E-state index is 13.7. The Morgan fingerprint density at radius 2 is 1.78 bits per heavy atom. The van der Waals surface area contributed by atoms with Gasteiger partial charge in [0.05, 0.1) is 23.7 Å². The average Bonchev–Trinajstić information content (AvgIpc) is 2.91. The number of sulfonamides is 1. The summed E-state index contributed by atoms with van der Waals surface area (Å²) in [5, 5.41) is 3.44. The van der Waals surface area contributed by atoms with Gasteiger partial charge in [0.2, 0.25) is 5.91 Å². The van der Waals surface area contributed by atoms with Gasteiger partial charge in [-0.25, -0.2) is 8.42 Å². The van der Waals surface area contributed by atoms with Crippen LogP contribution in [0.4, 0.5) is 5.69 Å². The molecule has 9 heteroatoms. The third-order valence-electron chi connectivity index (χ3n) is 6.85. The van der Waals surface area contributed by atoms with Crippen LogP contribution in [0.25, 0.3) is 0 Å². The normalized spacial score (nSPS) is 16.3. The molecule has 1 amide bonds. The second-order valence-corrected chi connectivity index (χ2v) is 11.3. The molecule has 0 aromatic heterocycles. The van der Waals surface area contributed by atoms with E-state index in [4.69, 9.17) is 21.1 Å². The van der Waals surface area contributed by atoms with Gasteiger partial charge in [-0.1, -0.05) is 49.7 Å². The number of carbonyl (C=O) groups is 1. The number of halogens is 1. The molecule has 7 nitrogen and oxygen atoms in total. The van der Waals surface area contributed by atoms with Gasteiger partial charge in [0.15, 0.2) is 0 Å². The Labute approximate surface area is 223 Å². The van der Waals surface area contributed by atoms with Crippen LogP contribution in [0.1, 0.15) is 44.7 Å². The first kappa shape index (κ1) is 26.8. The highest BCUT2D eigenvalue weighted by atomic mass is 35.5. The second-order valence-electron chi connectivity index (χ2n) is 9.02. The third-order valence-corrected chi connectivity index (χ3v) is 8.87. The molecule has 3 aromatic carbocycles. The molecule has 3 aromatic rings. The largest absolute Gasteiger partial charge is 0.497 e. The van der Waals surface area contributed by atoms with Gasteiger partial charge in [0, 0.05) is 17.0 Å². The van der Waals surface area contributed by atoms with Crippen molar-refractivity contribution in [2.24, 2.45) is 0 Å². The number of ether oxygens (including phenoxy) is 2. The molecule has 1 N–H and O–H groups in total. The molecule has 196 valence electrons. The Morgan fingerprint density at radius 3 is 2.43 bits per heavy atom. The van der Waals surface area contributed by atoms with E-state index in [2.05, 4.69) is 19.2 Å². The van der Waals surface area contributed by atoms with Gasteiger partial charge < -0.3 is 14.8 Å². The minimum atomic E-state index is -4.09. The van der Waals surface area contributed by atoms with Crippen molar-refractivity contribution in [1.29, 1.82) is 0 Å². The first-order valence-corrected chi connectivity index (χ1v) is 14.0. The maximum Gasteiger partial charge on any atom is 0.264 e. The number of nitrogens with zero attached hydrogens (tertiary/aromatic N) is 1. The minimum Gasteiger partial charge on any atom is -0.497 e. The minimum absolute atomic E-state index is 0.0356. The van der Waals surface area contributed by atoms with Crippen LogP contribution in [0.15, 0.2) is 77.7 Å². The molecule has 0 radical (unpaired) electrons. The number of nitrogens with one attached hydrogen (secondary N) is 1. The van der Waals surface area contributed by atoms with E-state index in [9.17, 15) is 13.2 Å². The Kier molecular flexibility index (Phi) is 7.99. The van der Waals surface area contributed by atoms with Crippen LogP contribution < -0.4 is 19.1 Å². The monoisotopic (exact) mass is 542 g/mol. The van der Waals surface area contributed by atoms with Crippen molar-refractivity contribution in [3.63, 3.8) is 0 Å². The van der Waals surface area contributed by atoms with Crippen molar-refractivity contribution in [1.82, 2.24) is 5.32 Å². The van der Waals surface area contributed by atoms with Crippen molar-refractivity contribution >= 4 is 33.2 Å². The summed E-state index contributed by atoms with van der Waals surface area (Å²) in [5.41, 5.74) is 0.761. The standard InChI is InChI=1S/C28H31ClN2O5S/c1-4-28(5-2)18-25(24-11-6-7-12-26(24)36-28)30-27(32)19-31(21-10-8-9-20(29)17-21)37(33,34)23-15-13-22(35-3)14-16-23/h6-17,25H,4-5,18-19H2,1-3H3,(H,30,32)/t25-/m1/s1. The number of fused-ring (bicyclic) bond motifs is 1. The van der Waals surface area contributed by atoms with Gasteiger partial charge >= 0.3 is 0 Å². The molecular weight excluding hydrogens is 512 g/mol. The SMILES string of the molecule is CCC1(CC)C[C@@H](NC(=O)CN(c2cccc(Cl)c2)S(=O)(=O)c2ccc(OC)cc2)c2ccccc2O1. The molecular formula is C28H31ClN2O5S. The van der Waals surface area contributed by atoms with E-state index in [1.54, 1.807) is 30.3 Å². The highest BCUT2D eigenvalue weighted by Crippen LogP contribution is 2.42. The molecule has 0 spiro atoms. The molecule has 1 heterocycles. The molecule has 37 heavy (non-hydrogen) atoms. The molecule has 0 aliphatic carbocycles. The Hall–Kier alpha value is -3.23. The van der Waals surface area contributed by atoms with Crippen molar-refractivity contribution in [2.45, 2.75) is 49.6 Å². The zero-order chi connectivity index (χ0) is 26.6. The summed E-state index contributed by atoms with van der Waals surface area (Å²) in [6, 6.07) is 19.8. The quantitative estimate of drug-likeness (QED) is 0.372. The summed E-state index contributed by atoms with van der Waals surface area (Å²) in [5.74, 6) is 0.833. The van der Waals surface area contributed by atoms with E-state index in [1.807, 2.05) is 24.3 Å². The van der Waals surface area contributed by atoms with Crippen molar-refractivity contribution in [3.8, 4) is 11.5 Å². The van der Waals surface area contributed by atoms with Gasteiger partial charge in [-0.2, -0.15) is 0 Å². The van der Waals surface area contributed by atoms with Crippen LogP contribution in [0.3, 0.4) is 0 Å². The van der Waals surface area contributed by atoms with Crippen LogP contribution in [0.2, 0.25) is 5.02 Å². The summed E-state index contributed by atoms with van der Waals surface area (Å²) in [6.45, 7) is 3.72. The number of para-hydroxylation sites is 1. The second kappa shape index (κ2) is 11.0. The van der Waals surface area contributed by atoms with Gasteiger partial charge in [0.25, 0.3) is 10.0 Å². The van der Waals surface area contributed by atoms with Gasteiger partial charge in [-0.05, 0) is 61.4 Å². The fourth-order valence-corrected chi connectivity index (χ4v) is 6.22. The lowest BCUT2D eigenvalue weighted by molar-refractivity contribution is -0.121. The van der Waals surface area contributed by atoms with Crippen molar-refractivity contribution in [3.05, 3.63) is 83.4 Å². The van der Waals surface area contributed by atoms with Crippen LogP contribution in [-0.2, 0) is 14.8 Å². The first-order valence-electron chi connectivity index (χ1n) is 12.2. The van der Waals surface area contributed by atoms with E-state index in [1.165, 1.54) is 25.3 Å². The predicted molar refractivity (Wildman–Crippen MR) is 145 cm³/mol. The van der Waals surface area contributed by atoms with E-state index in [0.29, 0.717) is 22.9 Å². The zero-order valence-electron chi connectivity index (χ0n) is 21.1. The Morgan fingerprint density at radius 1 is 1.08 bits per heavy atom. The van der Waals surface area contributed by atoms with E-state index < -0.39 is 28.1 Å². The summed E-state index contributed by atoms with van der Waals surface area (Å²) >= 11 is 6.18. The van der Waals surface area contributed by atoms with Crippen molar-refractivity contribution < 1.29 is 22.7 Å². The molecule has 0 unspecified atom stereocenters. The van der Waals surface area contributed by atoms with Crippen LogP contribution in [-0.4, -0.2) is 33.6 Å². The number of methoxy groups -OCH3 is 1. The van der Waals surface area contributed by atoms with Crippen LogP contribution >= 0.6 is 11.6 Å². The molecule has 4 rings (SSSR count). The maximum absolute atomic E-state index is 13.7. The van der Waals surface area contributed by atoms with Gasteiger partial charge in [-0.15, -0.1) is 0 Å². The predicted octanol–water partition coefficient (Wildman–Crippen LogP) is 5.74. The molecule has 1 atom stereocenters. The van der Waals surface area contributed by atoms with Crippen molar-refractivity contribution in [2.75, 3.05) is 18.0 Å². The number of anilines is 1. The molecule has 0 bridgehead atoms. The highest BCUT2D eigenvalue weighted by molar-refractivity contribution is 7.92. The Balaban J connectivity index is 1.65. The number of carbonyl (C=O) groups excluding carboxylic acids is 1. The molecule has 1 aliphatic rings. The Bertz CT molecular complexity index is 1360. The lowest BCUT2D eigenvalue weighted by atomic mass is 9.83. The fourth-order valence-electron chi connectivity index (χ4n) is 4.62. The van der Waals surface area contributed by atoms with E-state index >= 15 is 0 Å². The van der Waals surface area contributed by atoms with Crippen LogP contribution in [0.5, 0.6) is 11.5 Å². The molecule has 0 fully saturated rings. The number of amides is 1. The molecule has 0 saturated carbocycles. The number of benzene rings is 3. The molecule has 0 saturated heterocycles. The highest BCUT2D eigenvalue weighted by Gasteiger charge is 2.39. The average molecular weight is 543 g/mol. The van der Waals surface area contributed by atoms with Gasteiger partial charge in [-0.3, -0.25) is 9.10 Å². The zero-order valence-corrected chi connectivity index (χ0v) is 22.7. The lowest BCUT2D eigenvalue weighted by Gasteiger charge is -2.41. The summed E-state index contributed by atoms with van der Waals surface area (Å²) in [7, 11) is -2.58. The lowest BCUT2D eigenvalue weighted by Crippen LogP contribution is -2.47.